The van der Waals surface area contributed by atoms with E-state index in [0.717, 1.165) is 16.8 Å². The summed E-state index contributed by atoms with van der Waals surface area (Å²) in [7, 11) is 0. The average Bonchev–Trinajstić information content (AvgIpc) is 3.25. The molecule has 0 aliphatic carbocycles. The van der Waals surface area contributed by atoms with E-state index in [9.17, 15) is 4.79 Å². The number of ether oxygens (including phenoxy) is 2. The number of amides is 1. The molecule has 4 rings (SSSR count). The number of nitrogens with one attached hydrogen (secondary N) is 1. The minimum Gasteiger partial charge on any atom is -0.454 e. The van der Waals surface area contributed by atoms with Gasteiger partial charge in [-0.15, -0.1) is 11.3 Å². The van der Waals surface area contributed by atoms with Crippen LogP contribution in [0.25, 0.3) is 11.3 Å². The van der Waals surface area contributed by atoms with Gasteiger partial charge in [0.1, 0.15) is 0 Å². The Labute approximate surface area is 149 Å². The number of rotatable bonds is 3. The zero-order valence-corrected chi connectivity index (χ0v) is 14.6. The normalized spacial score (nSPS) is 12.2. The van der Waals surface area contributed by atoms with Gasteiger partial charge in [-0.2, -0.15) is 0 Å². The van der Waals surface area contributed by atoms with Gasteiger partial charge in [-0.3, -0.25) is 10.1 Å². The molecule has 0 saturated heterocycles. The van der Waals surface area contributed by atoms with Crippen molar-refractivity contribution in [3.63, 3.8) is 0 Å². The van der Waals surface area contributed by atoms with Crippen LogP contribution in [0.1, 0.15) is 21.5 Å². The van der Waals surface area contributed by atoms with E-state index >= 15 is 0 Å². The predicted molar refractivity (Wildman–Crippen MR) is 97.5 cm³/mol. The lowest BCUT2D eigenvalue weighted by molar-refractivity contribution is 0.102. The number of carbonyl (C=O) groups is 1. The van der Waals surface area contributed by atoms with Gasteiger partial charge in [0.2, 0.25) is 6.79 Å². The Morgan fingerprint density at radius 2 is 1.96 bits per heavy atom. The number of hydrogen-bond donors (Lipinski definition) is 1. The molecule has 0 saturated carbocycles. The number of thiazole rings is 1. The van der Waals surface area contributed by atoms with E-state index in [1.165, 1.54) is 16.9 Å². The zero-order valence-electron chi connectivity index (χ0n) is 13.8. The summed E-state index contributed by atoms with van der Waals surface area (Å²) in [6.45, 7) is 4.29. The molecule has 0 fully saturated rings. The molecule has 0 spiro atoms. The van der Waals surface area contributed by atoms with Crippen LogP contribution in [0.4, 0.5) is 5.13 Å². The molecule has 6 heteroatoms. The molecule has 126 valence electrons. The highest BCUT2D eigenvalue weighted by atomic mass is 32.1. The first-order chi connectivity index (χ1) is 12.1. The van der Waals surface area contributed by atoms with E-state index in [2.05, 4.69) is 42.3 Å². The first-order valence-electron chi connectivity index (χ1n) is 7.84. The van der Waals surface area contributed by atoms with Crippen LogP contribution in [0.5, 0.6) is 11.5 Å². The van der Waals surface area contributed by atoms with Crippen LogP contribution < -0.4 is 14.8 Å². The third kappa shape index (κ3) is 3.08. The Bertz CT molecular complexity index is 965. The maximum Gasteiger partial charge on any atom is 0.257 e. The van der Waals surface area contributed by atoms with Crippen LogP contribution in [-0.2, 0) is 0 Å². The number of hydrogen-bond acceptors (Lipinski definition) is 5. The van der Waals surface area contributed by atoms with E-state index in [-0.39, 0.29) is 12.7 Å². The summed E-state index contributed by atoms with van der Waals surface area (Å²) < 4.78 is 10.6. The van der Waals surface area contributed by atoms with Crippen molar-refractivity contribution in [1.29, 1.82) is 0 Å². The van der Waals surface area contributed by atoms with Gasteiger partial charge in [-0.25, -0.2) is 4.98 Å². The van der Waals surface area contributed by atoms with Crippen LogP contribution >= 0.6 is 11.3 Å². The lowest BCUT2D eigenvalue weighted by Crippen LogP contribution is -2.11. The maximum absolute atomic E-state index is 12.4. The molecule has 0 atom stereocenters. The fraction of sp³-hybridized carbons (Fsp3) is 0.158. The summed E-state index contributed by atoms with van der Waals surface area (Å²) in [6, 6.07) is 11.4. The minimum absolute atomic E-state index is 0.187. The van der Waals surface area contributed by atoms with Gasteiger partial charge in [0, 0.05) is 16.5 Å². The smallest absolute Gasteiger partial charge is 0.257 e. The van der Waals surface area contributed by atoms with Crippen molar-refractivity contribution in [1.82, 2.24) is 4.98 Å². The van der Waals surface area contributed by atoms with Crippen LogP contribution in [0.2, 0.25) is 0 Å². The lowest BCUT2D eigenvalue weighted by atomic mass is 10.0. The van der Waals surface area contributed by atoms with Gasteiger partial charge in [-0.05, 0) is 43.7 Å². The molecule has 1 aromatic heterocycles. The van der Waals surface area contributed by atoms with Crippen LogP contribution in [0.15, 0.2) is 41.8 Å². The first kappa shape index (κ1) is 15.7. The van der Waals surface area contributed by atoms with Gasteiger partial charge in [0.05, 0.1) is 5.69 Å². The van der Waals surface area contributed by atoms with Crippen molar-refractivity contribution in [2.45, 2.75) is 13.8 Å². The number of fused-ring (bicyclic) bond motifs is 1. The number of aromatic nitrogens is 1. The molecule has 5 nitrogen and oxygen atoms in total. The Morgan fingerprint density at radius 1 is 1.12 bits per heavy atom. The predicted octanol–water partition coefficient (Wildman–Crippen LogP) is 4.41. The largest absolute Gasteiger partial charge is 0.454 e. The molecular weight excluding hydrogens is 336 g/mol. The fourth-order valence-electron chi connectivity index (χ4n) is 2.67. The second-order valence-electron chi connectivity index (χ2n) is 5.88. The van der Waals surface area contributed by atoms with E-state index in [0.29, 0.717) is 22.2 Å². The summed E-state index contributed by atoms with van der Waals surface area (Å²) in [5.41, 5.74) is 4.80. The summed E-state index contributed by atoms with van der Waals surface area (Å²) >= 11 is 1.41. The quantitative estimate of drug-likeness (QED) is 0.758. The molecule has 0 unspecified atom stereocenters. The van der Waals surface area contributed by atoms with Gasteiger partial charge < -0.3 is 9.47 Å². The number of anilines is 1. The topological polar surface area (TPSA) is 60.5 Å². The number of aryl methyl sites for hydroxylation is 2. The average molecular weight is 352 g/mol. The second kappa shape index (κ2) is 6.22. The van der Waals surface area contributed by atoms with Crippen LogP contribution in [0.3, 0.4) is 0 Å². The Kier molecular flexibility index (Phi) is 3.89. The SMILES string of the molecule is Cc1ccc(C)c(-c2csc(NC(=O)c3ccc4c(c3)OCO4)n2)c1. The van der Waals surface area contributed by atoms with Gasteiger partial charge in [0.25, 0.3) is 5.91 Å². The first-order valence-corrected chi connectivity index (χ1v) is 8.72. The van der Waals surface area contributed by atoms with Crippen molar-refractivity contribution in [2.24, 2.45) is 0 Å². The molecule has 3 aromatic rings. The maximum atomic E-state index is 12.4. The van der Waals surface area contributed by atoms with Gasteiger partial charge in [0.15, 0.2) is 16.6 Å². The Balaban J connectivity index is 1.55. The van der Waals surface area contributed by atoms with Crippen molar-refractivity contribution >= 4 is 22.4 Å². The molecule has 2 aromatic carbocycles. The Morgan fingerprint density at radius 3 is 2.84 bits per heavy atom. The lowest BCUT2D eigenvalue weighted by Gasteiger charge is -2.04. The van der Waals surface area contributed by atoms with Crippen molar-refractivity contribution in [3.05, 3.63) is 58.5 Å². The highest BCUT2D eigenvalue weighted by molar-refractivity contribution is 7.14. The van der Waals surface area contributed by atoms with E-state index < -0.39 is 0 Å². The summed E-state index contributed by atoms with van der Waals surface area (Å²) in [5, 5.41) is 5.37. The van der Waals surface area contributed by atoms with Gasteiger partial charge in [-0.1, -0.05) is 17.7 Å². The second-order valence-corrected chi connectivity index (χ2v) is 6.74. The van der Waals surface area contributed by atoms with E-state index in [1.807, 2.05) is 5.38 Å². The third-order valence-corrected chi connectivity index (χ3v) is 4.79. The molecule has 1 N–H and O–H groups in total. The highest BCUT2D eigenvalue weighted by Gasteiger charge is 2.17. The molecule has 1 aliphatic heterocycles. The van der Waals surface area contributed by atoms with Crippen LogP contribution in [0, 0.1) is 13.8 Å². The third-order valence-electron chi connectivity index (χ3n) is 4.03. The molecule has 2 heterocycles. The standard InChI is InChI=1S/C19H16N2O3S/c1-11-3-4-12(2)14(7-11)15-9-25-19(20-15)21-18(22)13-5-6-16-17(8-13)24-10-23-16/h3-9H,10H2,1-2H3,(H,20,21,22). The summed E-state index contributed by atoms with van der Waals surface area (Å²) in [6.07, 6.45) is 0. The van der Waals surface area contributed by atoms with Crippen molar-refractivity contribution < 1.29 is 14.3 Å². The monoisotopic (exact) mass is 352 g/mol. The number of carbonyl (C=O) groups excluding carboxylic acids is 1. The van der Waals surface area contributed by atoms with Gasteiger partial charge >= 0.3 is 0 Å². The summed E-state index contributed by atoms with van der Waals surface area (Å²) in [4.78, 5) is 17.0. The molecular formula is C19H16N2O3S. The molecule has 0 bridgehead atoms. The zero-order chi connectivity index (χ0) is 17.4. The molecule has 25 heavy (non-hydrogen) atoms. The van der Waals surface area contributed by atoms with E-state index in [1.54, 1.807) is 18.2 Å². The number of benzene rings is 2. The highest BCUT2D eigenvalue weighted by Crippen LogP contribution is 2.33. The summed E-state index contributed by atoms with van der Waals surface area (Å²) in [5.74, 6) is 1.02. The van der Waals surface area contributed by atoms with Crippen molar-refractivity contribution in [3.8, 4) is 22.8 Å². The minimum atomic E-state index is -0.222. The molecule has 1 amide bonds. The molecule has 1 aliphatic rings. The number of nitrogens with zero attached hydrogens (tertiary/aromatic N) is 1. The van der Waals surface area contributed by atoms with Crippen molar-refractivity contribution in [2.75, 3.05) is 12.1 Å². The molecule has 0 radical (unpaired) electrons. The Hall–Kier alpha value is -2.86. The van der Waals surface area contributed by atoms with E-state index in [4.69, 9.17) is 9.47 Å². The van der Waals surface area contributed by atoms with Crippen LogP contribution in [-0.4, -0.2) is 17.7 Å². The fourth-order valence-corrected chi connectivity index (χ4v) is 3.38.